The van der Waals surface area contributed by atoms with Crippen LogP contribution in [0, 0.1) is 0 Å². The first-order valence-electron chi connectivity index (χ1n) is 13.4. The molecule has 6 rings (SSSR count). The van der Waals surface area contributed by atoms with Gasteiger partial charge < -0.3 is 15.0 Å². The van der Waals surface area contributed by atoms with Gasteiger partial charge in [-0.2, -0.15) is 4.68 Å². The summed E-state index contributed by atoms with van der Waals surface area (Å²) < 4.78 is 1.51. The fourth-order valence-electron chi connectivity index (χ4n) is 5.48. The molecule has 1 aliphatic rings. The number of aromatic carboxylic acids is 1. The van der Waals surface area contributed by atoms with Crippen LogP contribution in [0.4, 0.5) is 0 Å². The van der Waals surface area contributed by atoms with Crippen molar-refractivity contribution < 1.29 is 14.7 Å². The van der Waals surface area contributed by atoms with Crippen molar-refractivity contribution in [2.24, 2.45) is 0 Å². The average Bonchev–Trinajstić information content (AvgIpc) is 3.73. The number of aromatic nitrogens is 6. The number of H-pyrrole nitrogens is 1. The number of carboxylic acids is 1. The number of nitrogens with zero attached hydrogens (tertiary/aromatic N) is 6. The van der Waals surface area contributed by atoms with Crippen LogP contribution in [0.3, 0.4) is 0 Å². The predicted molar refractivity (Wildman–Crippen MR) is 157 cm³/mol. The van der Waals surface area contributed by atoms with Gasteiger partial charge in [-0.1, -0.05) is 54.1 Å². The van der Waals surface area contributed by atoms with E-state index in [0.717, 1.165) is 18.4 Å². The summed E-state index contributed by atoms with van der Waals surface area (Å²) in [5.74, 6) is -0.531. The highest BCUT2D eigenvalue weighted by molar-refractivity contribution is 6.30. The summed E-state index contributed by atoms with van der Waals surface area (Å²) in [6, 6.07) is 21.7. The van der Waals surface area contributed by atoms with Crippen LogP contribution in [-0.4, -0.2) is 58.6 Å². The summed E-state index contributed by atoms with van der Waals surface area (Å²) in [4.78, 5) is 35.3. The van der Waals surface area contributed by atoms with Crippen LogP contribution in [-0.2, 0) is 4.79 Å². The Morgan fingerprint density at radius 3 is 2.69 bits per heavy atom. The van der Waals surface area contributed by atoms with Gasteiger partial charge in [0.05, 0.1) is 29.2 Å². The SMILES string of the molecule is O=C(O)c1cccc(-c2cnc(C3C(c4ccccc4)CCCN3C(=O)/C=C/c3cc(Cl)ccc3-n3cnnn3)[nH]2)c1. The highest BCUT2D eigenvalue weighted by Crippen LogP contribution is 2.42. The number of hydrogen-bond donors (Lipinski definition) is 2. The minimum Gasteiger partial charge on any atom is -0.478 e. The zero-order valence-corrected chi connectivity index (χ0v) is 23.1. The summed E-state index contributed by atoms with van der Waals surface area (Å²) in [6.45, 7) is 0.553. The molecule has 3 heterocycles. The van der Waals surface area contributed by atoms with E-state index in [2.05, 4.69) is 32.6 Å². The molecule has 1 saturated heterocycles. The van der Waals surface area contributed by atoms with Crippen LogP contribution >= 0.6 is 11.6 Å². The smallest absolute Gasteiger partial charge is 0.335 e. The number of imidazole rings is 1. The van der Waals surface area contributed by atoms with Crippen molar-refractivity contribution in [1.29, 1.82) is 0 Å². The van der Waals surface area contributed by atoms with E-state index >= 15 is 0 Å². The minimum atomic E-state index is -1.00. The minimum absolute atomic E-state index is 0.00427. The number of carbonyl (C=O) groups is 2. The Labute approximate surface area is 246 Å². The molecule has 11 heteroatoms. The molecular formula is C31H26ClN7O3. The quantitative estimate of drug-likeness (QED) is 0.241. The largest absolute Gasteiger partial charge is 0.478 e. The van der Waals surface area contributed by atoms with Gasteiger partial charge in [0, 0.05) is 34.7 Å². The van der Waals surface area contributed by atoms with Gasteiger partial charge in [-0.05, 0) is 65.2 Å². The molecule has 1 aliphatic heterocycles. The number of carboxylic acid groups (broad SMARTS) is 1. The zero-order valence-electron chi connectivity index (χ0n) is 22.3. The van der Waals surface area contributed by atoms with Gasteiger partial charge in [-0.25, -0.2) is 9.78 Å². The van der Waals surface area contributed by atoms with Crippen LogP contribution in [0.5, 0.6) is 0 Å². The molecule has 2 aromatic heterocycles. The Kier molecular flexibility index (Phi) is 7.61. The molecule has 10 nitrogen and oxygen atoms in total. The third-order valence-electron chi connectivity index (χ3n) is 7.43. The molecule has 210 valence electrons. The molecule has 1 amide bonds. The fraction of sp³-hybridized carbons (Fsp3) is 0.161. The zero-order chi connectivity index (χ0) is 29.1. The molecule has 1 fully saturated rings. The number of halogens is 1. The molecular weight excluding hydrogens is 554 g/mol. The molecule has 2 atom stereocenters. The van der Waals surface area contributed by atoms with Gasteiger partial charge in [0.2, 0.25) is 5.91 Å². The van der Waals surface area contributed by atoms with Gasteiger partial charge in [-0.15, -0.1) is 5.10 Å². The van der Waals surface area contributed by atoms with Gasteiger partial charge >= 0.3 is 5.97 Å². The summed E-state index contributed by atoms with van der Waals surface area (Å²) >= 11 is 6.28. The Bertz CT molecular complexity index is 1750. The second-order valence-corrected chi connectivity index (χ2v) is 10.4. The molecule has 2 N–H and O–H groups in total. The van der Waals surface area contributed by atoms with E-state index in [4.69, 9.17) is 16.6 Å². The highest BCUT2D eigenvalue weighted by Gasteiger charge is 2.37. The Morgan fingerprint density at radius 2 is 1.90 bits per heavy atom. The highest BCUT2D eigenvalue weighted by atomic mass is 35.5. The van der Waals surface area contributed by atoms with E-state index in [0.29, 0.717) is 39.9 Å². The van der Waals surface area contributed by atoms with E-state index in [1.807, 2.05) is 29.2 Å². The second-order valence-electron chi connectivity index (χ2n) is 9.99. The van der Waals surface area contributed by atoms with Gasteiger partial charge in [0.25, 0.3) is 0 Å². The van der Waals surface area contributed by atoms with Crippen LogP contribution in [0.25, 0.3) is 23.0 Å². The van der Waals surface area contributed by atoms with Crippen LogP contribution < -0.4 is 0 Å². The van der Waals surface area contributed by atoms with E-state index in [-0.39, 0.29) is 23.4 Å². The molecule has 0 spiro atoms. The molecule has 2 unspecified atom stereocenters. The normalized spacial score (nSPS) is 17.0. The van der Waals surface area contributed by atoms with E-state index < -0.39 is 5.97 Å². The maximum Gasteiger partial charge on any atom is 0.335 e. The lowest BCUT2D eigenvalue weighted by molar-refractivity contribution is -0.130. The number of piperidine rings is 1. The summed E-state index contributed by atoms with van der Waals surface area (Å²) in [5, 5.41) is 21.4. The number of likely N-dealkylation sites (tertiary alicyclic amines) is 1. The molecule has 3 aromatic carbocycles. The third kappa shape index (κ3) is 5.57. The monoisotopic (exact) mass is 579 g/mol. The average molecular weight is 580 g/mol. The molecule has 42 heavy (non-hydrogen) atoms. The summed E-state index contributed by atoms with van der Waals surface area (Å²) in [6.07, 6.45) is 8.14. The van der Waals surface area contributed by atoms with Crippen LogP contribution in [0.15, 0.2) is 91.4 Å². The van der Waals surface area contributed by atoms with Crippen molar-refractivity contribution in [2.75, 3.05) is 6.54 Å². The standard InChI is InChI=1S/C31H26ClN7O3/c32-24-12-13-27(39-19-34-36-37-39)22(17-24)11-14-28(40)38-15-5-10-25(20-6-2-1-3-7-20)29(38)30-33-18-26(35-30)21-8-4-9-23(16-21)31(41)42/h1-4,6-9,11-14,16-19,25,29H,5,10,15H2,(H,33,35)(H,41,42)/b14-11+. The first-order valence-corrected chi connectivity index (χ1v) is 13.8. The Hall–Kier alpha value is -5.09. The van der Waals surface area contributed by atoms with Crippen LogP contribution in [0.1, 0.15) is 52.1 Å². The number of amides is 1. The number of rotatable bonds is 7. The lowest BCUT2D eigenvalue weighted by Gasteiger charge is -2.40. The number of nitrogens with one attached hydrogen (secondary N) is 1. The summed E-state index contributed by atoms with van der Waals surface area (Å²) in [7, 11) is 0. The van der Waals surface area contributed by atoms with Crippen molar-refractivity contribution in [2.45, 2.75) is 24.8 Å². The fourth-order valence-corrected chi connectivity index (χ4v) is 5.66. The number of hydrogen-bond acceptors (Lipinski definition) is 6. The Balaban J connectivity index is 1.36. The van der Waals surface area contributed by atoms with E-state index in [9.17, 15) is 14.7 Å². The van der Waals surface area contributed by atoms with Gasteiger partial charge in [0.15, 0.2) is 0 Å². The van der Waals surface area contributed by atoms with Crippen molar-refractivity contribution in [3.05, 3.63) is 119 Å². The van der Waals surface area contributed by atoms with Crippen molar-refractivity contribution in [3.63, 3.8) is 0 Å². The lowest BCUT2D eigenvalue weighted by Crippen LogP contribution is -2.41. The molecule has 0 radical (unpaired) electrons. The lowest BCUT2D eigenvalue weighted by atomic mass is 9.83. The van der Waals surface area contributed by atoms with Crippen molar-refractivity contribution in [1.82, 2.24) is 35.1 Å². The number of benzene rings is 3. The van der Waals surface area contributed by atoms with E-state index in [1.54, 1.807) is 54.7 Å². The second kappa shape index (κ2) is 11.8. The molecule has 5 aromatic rings. The van der Waals surface area contributed by atoms with Crippen molar-refractivity contribution in [3.8, 4) is 16.9 Å². The predicted octanol–water partition coefficient (Wildman–Crippen LogP) is 5.56. The first-order chi connectivity index (χ1) is 20.5. The summed E-state index contributed by atoms with van der Waals surface area (Å²) in [5.41, 5.74) is 4.06. The number of aromatic amines is 1. The van der Waals surface area contributed by atoms with E-state index in [1.165, 1.54) is 11.0 Å². The third-order valence-corrected chi connectivity index (χ3v) is 7.66. The maximum absolute atomic E-state index is 13.9. The molecule has 0 saturated carbocycles. The van der Waals surface area contributed by atoms with Crippen molar-refractivity contribution >= 4 is 29.6 Å². The maximum atomic E-state index is 13.9. The molecule has 0 bridgehead atoms. The Morgan fingerprint density at radius 1 is 1.05 bits per heavy atom. The topological polar surface area (TPSA) is 130 Å². The van der Waals surface area contributed by atoms with Gasteiger partial charge in [0.1, 0.15) is 12.2 Å². The van der Waals surface area contributed by atoms with Crippen LogP contribution in [0.2, 0.25) is 5.02 Å². The number of tetrazole rings is 1. The first kappa shape index (κ1) is 27.1. The van der Waals surface area contributed by atoms with Gasteiger partial charge in [-0.3, -0.25) is 4.79 Å². The number of carbonyl (C=O) groups excluding carboxylic acids is 1. The molecule has 0 aliphatic carbocycles.